The van der Waals surface area contributed by atoms with Crippen LogP contribution in [0.2, 0.25) is 0 Å². The molecule has 0 radical (unpaired) electrons. The molecule has 1 heterocycles. The molecule has 6 nitrogen and oxygen atoms in total. The Morgan fingerprint density at radius 1 is 1.71 bits per heavy atom. The number of aromatic nitrogens is 2. The summed E-state index contributed by atoms with van der Waals surface area (Å²) in [6.45, 7) is 4.95. The van der Waals surface area contributed by atoms with Crippen molar-refractivity contribution in [2.24, 2.45) is 10.7 Å². The average molecular weight is 194 g/mol. The van der Waals surface area contributed by atoms with Gasteiger partial charge in [-0.3, -0.25) is 14.2 Å². The normalized spacial score (nSPS) is 9.79. The highest BCUT2D eigenvalue weighted by Gasteiger charge is 2.17. The van der Waals surface area contributed by atoms with Gasteiger partial charge < -0.3 is 5.73 Å². The number of primary amides is 1. The zero-order chi connectivity index (χ0) is 10.7. The highest BCUT2D eigenvalue weighted by atomic mass is 16.2. The average Bonchev–Trinajstić information content (AvgIpc) is 2.59. The highest BCUT2D eigenvalue weighted by Crippen LogP contribution is 2.17. The minimum absolute atomic E-state index is 0.0400. The van der Waals surface area contributed by atoms with Crippen molar-refractivity contribution in [1.29, 1.82) is 0 Å². The van der Waals surface area contributed by atoms with Crippen molar-refractivity contribution in [3.05, 3.63) is 12.0 Å². The van der Waals surface area contributed by atoms with Crippen molar-refractivity contribution in [1.82, 2.24) is 9.55 Å². The van der Waals surface area contributed by atoms with Gasteiger partial charge in [-0.1, -0.05) is 6.92 Å². The van der Waals surface area contributed by atoms with E-state index in [0.29, 0.717) is 0 Å². The van der Waals surface area contributed by atoms with Crippen LogP contribution in [0.1, 0.15) is 28.6 Å². The van der Waals surface area contributed by atoms with Crippen LogP contribution in [-0.4, -0.2) is 28.1 Å². The minimum atomic E-state index is -0.727. The molecule has 6 heteroatoms. The lowest BCUT2D eigenvalue weighted by atomic mass is 10.4. The molecule has 0 saturated carbocycles. The lowest BCUT2D eigenvalue weighted by Gasteiger charge is -2.00. The highest BCUT2D eigenvalue weighted by molar-refractivity contribution is 5.97. The predicted molar refractivity (Wildman–Crippen MR) is 50.9 cm³/mol. The molecular weight excluding hydrogens is 184 g/mol. The molecule has 1 aromatic heterocycles. The quantitative estimate of drug-likeness (QED) is 0.704. The van der Waals surface area contributed by atoms with E-state index in [4.69, 9.17) is 5.73 Å². The molecule has 0 saturated heterocycles. The second kappa shape index (κ2) is 3.82. The molecule has 0 aliphatic heterocycles. The van der Waals surface area contributed by atoms with Crippen LogP contribution in [0.3, 0.4) is 0 Å². The van der Waals surface area contributed by atoms with Gasteiger partial charge in [0.2, 0.25) is 5.91 Å². The van der Waals surface area contributed by atoms with Gasteiger partial charge in [0, 0.05) is 6.42 Å². The number of aliphatic imine (C=N–C) groups is 1. The lowest BCUT2D eigenvalue weighted by molar-refractivity contribution is 0.0910. The standard InChI is InChI=1S/C8H10N4O2/c1-3-5(13)12-4-11-6(7(9)14)8(12)10-2/h4H,2-3H2,1H3,(H2,9,14). The second-order valence-corrected chi connectivity index (χ2v) is 2.56. The van der Waals surface area contributed by atoms with Gasteiger partial charge in [-0.2, -0.15) is 0 Å². The predicted octanol–water partition coefficient (Wildman–Crippen LogP) is 0.364. The van der Waals surface area contributed by atoms with Crippen LogP contribution in [0.5, 0.6) is 0 Å². The molecule has 2 N–H and O–H groups in total. The molecule has 1 aromatic rings. The Morgan fingerprint density at radius 3 is 2.79 bits per heavy atom. The van der Waals surface area contributed by atoms with Crippen molar-refractivity contribution < 1.29 is 9.59 Å². The Labute approximate surface area is 80.5 Å². The molecular formula is C8H10N4O2. The maximum Gasteiger partial charge on any atom is 0.271 e. The summed E-state index contributed by atoms with van der Waals surface area (Å²) < 4.78 is 1.16. The number of hydrogen-bond donors (Lipinski definition) is 1. The maximum absolute atomic E-state index is 11.3. The first-order valence-electron chi connectivity index (χ1n) is 3.98. The third-order valence-corrected chi connectivity index (χ3v) is 1.70. The SMILES string of the molecule is C=Nc1c(C(N)=O)ncn1C(=O)CC. The van der Waals surface area contributed by atoms with E-state index >= 15 is 0 Å². The van der Waals surface area contributed by atoms with E-state index in [0.717, 1.165) is 4.57 Å². The first-order chi connectivity index (χ1) is 6.61. The summed E-state index contributed by atoms with van der Waals surface area (Å²) in [6.07, 6.45) is 1.51. The van der Waals surface area contributed by atoms with Crippen molar-refractivity contribution >= 4 is 24.3 Å². The summed E-state index contributed by atoms with van der Waals surface area (Å²) >= 11 is 0. The number of carbonyl (C=O) groups is 2. The van der Waals surface area contributed by atoms with Crippen LogP contribution in [-0.2, 0) is 0 Å². The zero-order valence-electron chi connectivity index (χ0n) is 7.73. The first-order valence-corrected chi connectivity index (χ1v) is 3.98. The van der Waals surface area contributed by atoms with E-state index in [-0.39, 0.29) is 23.8 Å². The van der Waals surface area contributed by atoms with E-state index in [2.05, 4.69) is 16.7 Å². The topological polar surface area (TPSA) is 90.3 Å². The zero-order valence-corrected chi connectivity index (χ0v) is 7.73. The fourth-order valence-electron chi connectivity index (χ4n) is 1.02. The molecule has 0 spiro atoms. The molecule has 0 fully saturated rings. The monoisotopic (exact) mass is 194 g/mol. The molecule has 14 heavy (non-hydrogen) atoms. The molecule has 1 amide bonds. The Bertz CT molecular complexity index is 394. The van der Waals surface area contributed by atoms with Gasteiger partial charge in [0.05, 0.1) is 0 Å². The van der Waals surface area contributed by atoms with E-state index in [1.165, 1.54) is 6.33 Å². The van der Waals surface area contributed by atoms with Crippen molar-refractivity contribution in [2.75, 3.05) is 0 Å². The minimum Gasteiger partial charge on any atom is -0.364 e. The number of rotatable bonds is 3. The number of amides is 1. The fraction of sp³-hybridized carbons (Fsp3) is 0.250. The maximum atomic E-state index is 11.3. The smallest absolute Gasteiger partial charge is 0.271 e. The summed E-state index contributed by atoms with van der Waals surface area (Å²) in [6, 6.07) is 0. The van der Waals surface area contributed by atoms with Crippen LogP contribution < -0.4 is 5.73 Å². The van der Waals surface area contributed by atoms with E-state index in [9.17, 15) is 9.59 Å². The second-order valence-electron chi connectivity index (χ2n) is 2.56. The number of nitrogens with two attached hydrogens (primary N) is 1. The lowest BCUT2D eigenvalue weighted by Crippen LogP contribution is -2.13. The third-order valence-electron chi connectivity index (χ3n) is 1.70. The fourth-order valence-corrected chi connectivity index (χ4v) is 1.02. The summed E-state index contributed by atoms with van der Waals surface area (Å²) in [5.74, 6) is -0.841. The molecule has 1 rings (SSSR count). The Kier molecular flexibility index (Phi) is 2.76. The Morgan fingerprint density at radius 2 is 2.36 bits per heavy atom. The molecule has 0 aliphatic carbocycles. The molecule has 0 atom stereocenters. The summed E-state index contributed by atoms with van der Waals surface area (Å²) in [7, 11) is 0. The van der Waals surface area contributed by atoms with Crippen molar-refractivity contribution in [3.63, 3.8) is 0 Å². The van der Waals surface area contributed by atoms with Crippen LogP contribution in [0.15, 0.2) is 11.3 Å². The number of imidazole rings is 1. The van der Waals surface area contributed by atoms with Crippen molar-refractivity contribution in [3.8, 4) is 0 Å². The number of nitrogens with zero attached hydrogens (tertiary/aromatic N) is 3. The summed E-state index contributed by atoms with van der Waals surface area (Å²) in [5.41, 5.74) is 4.99. The first kappa shape index (κ1) is 10.1. The van der Waals surface area contributed by atoms with Crippen LogP contribution >= 0.6 is 0 Å². The molecule has 74 valence electrons. The van der Waals surface area contributed by atoms with Gasteiger partial charge in [0.25, 0.3) is 5.91 Å². The number of hydrogen-bond acceptors (Lipinski definition) is 4. The van der Waals surface area contributed by atoms with E-state index < -0.39 is 5.91 Å². The van der Waals surface area contributed by atoms with Gasteiger partial charge in [-0.15, -0.1) is 0 Å². The molecule has 0 aromatic carbocycles. The largest absolute Gasteiger partial charge is 0.364 e. The van der Waals surface area contributed by atoms with E-state index in [1.807, 2.05) is 0 Å². The Balaban J connectivity index is 3.27. The van der Waals surface area contributed by atoms with Crippen LogP contribution in [0.25, 0.3) is 0 Å². The van der Waals surface area contributed by atoms with Gasteiger partial charge >= 0.3 is 0 Å². The van der Waals surface area contributed by atoms with E-state index in [1.54, 1.807) is 6.92 Å². The van der Waals surface area contributed by atoms with Gasteiger partial charge in [0.15, 0.2) is 11.5 Å². The summed E-state index contributed by atoms with van der Waals surface area (Å²) in [5, 5.41) is 0. The van der Waals surface area contributed by atoms with Gasteiger partial charge in [-0.05, 0) is 6.72 Å². The Hall–Kier alpha value is -1.98. The van der Waals surface area contributed by atoms with Gasteiger partial charge in [-0.25, -0.2) is 9.98 Å². The van der Waals surface area contributed by atoms with Crippen molar-refractivity contribution in [2.45, 2.75) is 13.3 Å². The number of carbonyl (C=O) groups excluding carboxylic acids is 2. The molecule has 0 unspecified atom stereocenters. The third kappa shape index (κ3) is 1.54. The molecule has 0 aliphatic rings. The summed E-state index contributed by atoms with van der Waals surface area (Å²) in [4.78, 5) is 29.4. The van der Waals surface area contributed by atoms with Gasteiger partial charge in [0.1, 0.15) is 6.33 Å². The van der Waals surface area contributed by atoms with Crippen LogP contribution in [0, 0.1) is 0 Å². The molecule has 0 bridgehead atoms. The van der Waals surface area contributed by atoms with Crippen LogP contribution in [0.4, 0.5) is 5.82 Å².